The minimum atomic E-state index is -0.397. The molecule has 0 radical (unpaired) electrons. The van der Waals surface area contributed by atoms with Crippen molar-refractivity contribution in [3.63, 3.8) is 0 Å². The zero-order valence-electron chi connectivity index (χ0n) is 16.6. The lowest BCUT2D eigenvalue weighted by Gasteiger charge is -2.18. The Kier molecular flexibility index (Phi) is 5.29. The van der Waals surface area contributed by atoms with Crippen LogP contribution in [0.2, 0.25) is 5.02 Å². The van der Waals surface area contributed by atoms with E-state index in [4.69, 9.17) is 11.6 Å². The first-order chi connectivity index (χ1) is 14.5. The van der Waals surface area contributed by atoms with Gasteiger partial charge in [0.2, 0.25) is 0 Å². The fourth-order valence-electron chi connectivity index (χ4n) is 3.33. The van der Waals surface area contributed by atoms with Gasteiger partial charge in [-0.25, -0.2) is 4.90 Å². The summed E-state index contributed by atoms with van der Waals surface area (Å²) in [5.74, 6) is -0.773. The highest BCUT2D eigenvalue weighted by atomic mass is 35.5. The van der Waals surface area contributed by atoms with Gasteiger partial charge in [-0.05, 0) is 54.1 Å². The molecule has 6 heteroatoms. The van der Waals surface area contributed by atoms with E-state index in [0.717, 1.165) is 11.4 Å². The van der Waals surface area contributed by atoms with E-state index >= 15 is 0 Å². The highest BCUT2D eigenvalue weighted by molar-refractivity contribution is 6.46. The molecule has 1 aliphatic heterocycles. The number of rotatable bonds is 5. The molecular weight excluding hydrogens is 398 g/mol. The van der Waals surface area contributed by atoms with Gasteiger partial charge in [-0.2, -0.15) is 0 Å². The number of benzene rings is 3. The number of nitrogens with one attached hydrogen (secondary N) is 1. The van der Waals surface area contributed by atoms with E-state index in [-0.39, 0.29) is 11.6 Å². The number of imide groups is 1. The quantitative estimate of drug-likeness (QED) is 0.606. The molecule has 5 nitrogen and oxygen atoms in total. The second-order valence-corrected chi connectivity index (χ2v) is 7.54. The molecule has 0 bridgehead atoms. The number of anilines is 3. The summed E-state index contributed by atoms with van der Waals surface area (Å²) in [4.78, 5) is 29.9. The Morgan fingerprint density at radius 2 is 1.43 bits per heavy atom. The lowest BCUT2D eigenvalue weighted by molar-refractivity contribution is -0.120. The molecule has 2 amide bonds. The fourth-order valence-corrected chi connectivity index (χ4v) is 3.46. The van der Waals surface area contributed by atoms with Crippen LogP contribution in [0, 0.1) is 0 Å². The van der Waals surface area contributed by atoms with Gasteiger partial charge in [0.1, 0.15) is 5.70 Å². The van der Waals surface area contributed by atoms with Crippen molar-refractivity contribution in [1.29, 1.82) is 0 Å². The molecule has 0 saturated heterocycles. The average Bonchev–Trinajstić information content (AvgIpc) is 2.99. The summed E-state index contributed by atoms with van der Waals surface area (Å²) >= 11 is 6.02. The van der Waals surface area contributed by atoms with Gasteiger partial charge in [0.15, 0.2) is 0 Å². The van der Waals surface area contributed by atoms with E-state index in [1.807, 2.05) is 61.5 Å². The minimum absolute atomic E-state index is 0.241. The van der Waals surface area contributed by atoms with Crippen LogP contribution in [0.4, 0.5) is 17.1 Å². The van der Waals surface area contributed by atoms with E-state index in [1.165, 1.54) is 4.90 Å². The number of hydrogen-bond acceptors (Lipinski definition) is 4. The largest absolute Gasteiger partial charge is 0.378 e. The molecule has 4 rings (SSSR count). The third-order valence-electron chi connectivity index (χ3n) is 4.88. The maximum absolute atomic E-state index is 13.4. The van der Waals surface area contributed by atoms with Crippen LogP contribution in [0.1, 0.15) is 5.56 Å². The Morgan fingerprint density at radius 3 is 2.03 bits per heavy atom. The van der Waals surface area contributed by atoms with Gasteiger partial charge in [-0.1, -0.05) is 41.9 Å². The van der Waals surface area contributed by atoms with Crippen molar-refractivity contribution in [3.8, 4) is 0 Å². The van der Waals surface area contributed by atoms with Crippen LogP contribution in [0.15, 0.2) is 84.6 Å². The van der Waals surface area contributed by atoms with Crippen LogP contribution in [-0.4, -0.2) is 25.9 Å². The van der Waals surface area contributed by atoms with Crippen LogP contribution < -0.4 is 15.1 Å². The average molecular weight is 418 g/mol. The van der Waals surface area contributed by atoms with Crippen LogP contribution in [-0.2, 0) is 9.59 Å². The lowest BCUT2D eigenvalue weighted by atomic mass is 10.0. The van der Waals surface area contributed by atoms with Crippen LogP contribution in [0.25, 0.3) is 5.57 Å². The minimum Gasteiger partial charge on any atom is -0.378 e. The maximum Gasteiger partial charge on any atom is 0.282 e. The zero-order chi connectivity index (χ0) is 21.3. The normalized spacial score (nSPS) is 13.8. The Hall–Kier alpha value is -3.57. The highest BCUT2D eigenvalue weighted by Gasteiger charge is 2.40. The predicted molar refractivity (Wildman–Crippen MR) is 122 cm³/mol. The van der Waals surface area contributed by atoms with E-state index in [9.17, 15) is 9.59 Å². The number of carbonyl (C=O) groups excluding carboxylic acids is 2. The third kappa shape index (κ3) is 3.67. The number of para-hydroxylation sites is 1. The lowest BCUT2D eigenvalue weighted by Crippen LogP contribution is -2.32. The Bertz CT molecular complexity index is 1120. The topological polar surface area (TPSA) is 52.6 Å². The van der Waals surface area contributed by atoms with Crippen molar-refractivity contribution in [2.24, 2.45) is 0 Å². The van der Waals surface area contributed by atoms with Crippen LogP contribution in [0.3, 0.4) is 0 Å². The number of hydrogen-bond donors (Lipinski definition) is 1. The smallest absolute Gasteiger partial charge is 0.282 e. The first-order valence-corrected chi connectivity index (χ1v) is 9.82. The first-order valence-electron chi connectivity index (χ1n) is 9.44. The maximum atomic E-state index is 13.4. The molecule has 0 spiro atoms. The van der Waals surface area contributed by atoms with Crippen molar-refractivity contribution in [2.75, 3.05) is 29.2 Å². The first kappa shape index (κ1) is 19.7. The second kappa shape index (κ2) is 8.05. The monoisotopic (exact) mass is 417 g/mol. The summed E-state index contributed by atoms with van der Waals surface area (Å²) in [6, 6.07) is 23.5. The summed E-state index contributed by atoms with van der Waals surface area (Å²) in [6.45, 7) is 0. The van der Waals surface area contributed by atoms with Gasteiger partial charge in [0.25, 0.3) is 11.8 Å². The molecule has 1 N–H and O–H groups in total. The summed E-state index contributed by atoms with van der Waals surface area (Å²) in [5, 5.41) is 3.70. The van der Waals surface area contributed by atoms with Gasteiger partial charge in [-0.15, -0.1) is 0 Å². The Labute approximate surface area is 180 Å². The van der Waals surface area contributed by atoms with E-state index in [1.54, 1.807) is 36.4 Å². The molecule has 1 aliphatic rings. The number of nitrogens with zero attached hydrogens (tertiary/aromatic N) is 2. The van der Waals surface area contributed by atoms with Crippen molar-refractivity contribution < 1.29 is 9.59 Å². The number of halogens is 1. The van der Waals surface area contributed by atoms with Crippen molar-refractivity contribution in [2.45, 2.75) is 0 Å². The van der Waals surface area contributed by atoms with Gasteiger partial charge in [0.05, 0.1) is 11.3 Å². The summed E-state index contributed by atoms with van der Waals surface area (Å²) < 4.78 is 0. The van der Waals surface area contributed by atoms with Crippen LogP contribution >= 0.6 is 11.6 Å². The zero-order valence-corrected chi connectivity index (χ0v) is 17.4. The van der Waals surface area contributed by atoms with Crippen molar-refractivity contribution in [1.82, 2.24) is 0 Å². The number of amides is 2. The molecule has 0 saturated carbocycles. The van der Waals surface area contributed by atoms with E-state index in [2.05, 4.69) is 5.32 Å². The molecule has 30 heavy (non-hydrogen) atoms. The molecule has 0 aromatic heterocycles. The summed E-state index contributed by atoms with van der Waals surface area (Å²) in [5.41, 5.74) is 3.41. The standard InChI is InChI=1S/C24H20ClN3O2/c1-27(2)19-12-14-20(15-13-19)28-23(29)21(16-8-10-17(25)11-9-16)22(24(28)30)26-18-6-4-3-5-7-18/h3-15,26H,1-2H3. The van der Waals surface area contributed by atoms with E-state index in [0.29, 0.717) is 21.8 Å². The molecule has 0 unspecified atom stereocenters. The molecule has 0 atom stereocenters. The summed E-state index contributed by atoms with van der Waals surface area (Å²) in [7, 11) is 3.87. The molecule has 150 valence electrons. The van der Waals surface area contributed by atoms with Gasteiger partial charge < -0.3 is 10.2 Å². The molecule has 0 fully saturated rings. The number of carbonyl (C=O) groups is 2. The third-order valence-corrected chi connectivity index (χ3v) is 5.14. The Balaban J connectivity index is 1.78. The second-order valence-electron chi connectivity index (χ2n) is 7.10. The van der Waals surface area contributed by atoms with Crippen LogP contribution in [0.5, 0.6) is 0 Å². The highest BCUT2D eigenvalue weighted by Crippen LogP contribution is 2.34. The molecular formula is C24H20ClN3O2. The Morgan fingerprint density at radius 1 is 0.800 bits per heavy atom. The molecule has 0 aliphatic carbocycles. The predicted octanol–water partition coefficient (Wildman–Crippen LogP) is 4.80. The van der Waals surface area contributed by atoms with Crippen molar-refractivity contribution >= 4 is 46.1 Å². The summed E-state index contributed by atoms with van der Waals surface area (Å²) in [6.07, 6.45) is 0. The van der Waals surface area contributed by atoms with Crippen molar-refractivity contribution in [3.05, 3.63) is 95.1 Å². The molecule has 3 aromatic carbocycles. The molecule has 3 aromatic rings. The van der Waals surface area contributed by atoms with Gasteiger partial charge in [0, 0.05) is 30.5 Å². The van der Waals surface area contributed by atoms with Gasteiger partial charge in [-0.3, -0.25) is 9.59 Å². The SMILES string of the molecule is CN(C)c1ccc(N2C(=O)C(Nc3ccccc3)=C(c3ccc(Cl)cc3)C2=O)cc1. The van der Waals surface area contributed by atoms with E-state index < -0.39 is 5.91 Å². The van der Waals surface area contributed by atoms with Gasteiger partial charge >= 0.3 is 0 Å². The molecule has 1 heterocycles. The fraction of sp³-hybridized carbons (Fsp3) is 0.0833.